The summed E-state index contributed by atoms with van der Waals surface area (Å²) in [5, 5.41) is 3.11. The lowest BCUT2D eigenvalue weighted by atomic mass is 10.2. The van der Waals surface area contributed by atoms with Gasteiger partial charge in [-0.2, -0.15) is 0 Å². The molecule has 1 amide bonds. The lowest BCUT2D eigenvalue weighted by Crippen LogP contribution is -2.10. The van der Waals surface area contributed by atoms with Crippen molar-refractivity contribution >= 4 is 28.6 Å². The third kappa shape index (κ3) is 3.39. The predicted octanol–water partition coefficient (Wildman–Crippen LogP) is 3.43. The van der Waals surface area contributed by atoms with Crippen LogP contribution in [0, 0.1) is 0 Å². The summed E-state index contributed by atoms with van der Waals surface area (Å²) in [7, 11) is 0. The van der Waals surface area contributed by atoms with Crippen molar-refractivity contribution in [2.75, 3.05) is 5.32 Å². The van der Waals surface area contributed by atoms with Gasteiger partial charge in [-0.15, -0.1) is 0 Å². The molecule has 108 valence electrons. The predicted molar refractivity (Wildman–Crippen MR) is 85.7 cm³/mol. The number of H-pyrrole nitrogens is 1. The summed E-state index contributed by atoms with van der Waals surface area (Å²) >= 11 is 0. The summed E-state index contributed by atoms with van der Waals surface area (Å²) in [5.41, 5.74) is 8.31. The summed E-state index contributed by atoms with van der Waals surface area (Å²) in [5.74, 6) is 0.177. The molecule has 0 aliphatic rings. The topological polar surface area (TPSA) is 83.8 Å². The number of hydrogen-bond acceptors (Lipinski definition) is 3. The van der Waals surface area contributed by atoms with Crippen LogP contribution in [0.1, 0.15) is 24.2 Å². The van der Waals surface area contributed by atoms with Gasteiger partial charge in [-0.25, -0.2) is 4.98 Å². The van der Waals surface area contributed by atoms with Crippen LogP contribution in [0.4, 0.5) is 11.6 Å². The third-order valence-corrected chi connectivity index (χ3v) is 2.80. The average Bonchev–Trinajstić information content (AvgIpc) is 2.91. The second kappa shape index (κ2) is 6.56. The maximum atomic E-state index is 11.1. The molecule has 21 heavy (non-hydrogen) atoms. The molecule has 0 bridgehead atoms. The molecule has 0 spiro atoms. The molecular weight excluding hydrogens is 264 g/mol. The Morgan fingerprint density at radius 1 is 1.14 bits per heavy atom. The molecule has 0 saturated carbocycles. The largest absolute Gasteiger partial charge is 0.366 e. The monoisotopic (exact) mass is 282 g/mol. The zero-order valence-electron chi connectivity index (χ0n) is 12.1. The summed E-state index contributed by atoms with van der Waals surface area (Å²) in [4.78, 5) is 18.7. The Kier molecular flexibility index (Phi) is 4.56. The van der Waals surface area contributed by atoms with E-state index in [9.17, 15) is 4.79 Å². The molecule has 1 heterocycles. The van der Waals surface area contributed by atoms with Crippen molar-refractivity contribution in [1.29, 1.82) is 0 Å². The van der Waals surface area contributed by atoms with Crippen molar-refractivity contribution in [1.82, 2.24) is 9.97 Å². The number of benzene rings is 2. The smallest absolute Gasteiger partial charge is 0.248 e. The van der Waals surface area contributed by atoms with Gasteiger partial charge in [0, 0.05) is 11.3 Å². The molecule has 5 heteroatoms. The van der Waals surface area contributed by atoms with Crippen LogP contribution < -0.4 is 11.1 Å². The van der Waals surface area contributed by atoms with Crippen molar-refractivity contribution < 1.29 is 4.79 Å². The van der Waals surface area contributed by atoms with Crippen LogP contribution in [0.25, 0.3) is 11.0 Å². The molecule has 3 rings (SSSR count). The summed E-state index contributed by atoms with van der Waals surface area (Å²) in [6.45, 7) is 4.00. The van der Waals surface area contributed by atoms with E-state index in [1.807, 2.05) is 44.2 Å². The summed E-state index contributed by atoms with van der Waals surface area (Å²) < 4.78 is 0. The van der Waals surface area contributed by atoms with Crippen molar-refractivity contribution in [3.63, 3.8) is 0 Å². The lowest BCUT2D eigenvalue weighted by molar-refractivity contribution is 0.100. The maximum Gasteiger partial charge on any atom is 0.248 e. The zero-order chi connectivity index (χ0) is 15.2. The molecule has 0 radical (unpaired) electrons. The number of imidazole rings is 1. The van der Waals surface area contributed by atoms with Crippen molar-refractivity contribution in [2.45, 2.75) is 13.8 Å². The molecule has 2 aromatic carbocycles. The van der Waals surface area contributed by atoms with Crippen LogP contribution in [0.3, 0.4) is 0 Å². The average molecular weight is 282 g/mol. The van der Waals surface area contributed by atoms with Gasteiger partial charge in [0.1, 0.15) is 0 Å². The first-order valence-corrected chi connectivity index (χ1v) is 6.84. The standard InChI is InChI=1S/C14H12N4O.C2H6/c15-13(19)9-4-3-5-10(8-9)16-14-17-11-6-1-2-7-12(11)18-14;1-2/h1-8H,(H2,15,19)(H2,16,17,18);1-2H3. The molecule has 0 unspecified atom stereocenters. The van der Waals surface area contributed by atoms with Crippen molar-refractivity contribution in [3.8, 4) is 0 Å². The molecule has 0 fully saturated rings. The highest BCUT2D eigenvalue weighted by atomic mass is 16.1. The van der Waals surface area contributed by atoms with Gasteiger partial charge in [-0.05, 0) is 30.3 Å². The highest BCUT2D eigenvalue weighted by Crippen LogP contribution is 2.18. The number of para-hydroxylation sites is 2. The number of amides is 1. The molecule has 3 aromatic rings. The van der Waals surface area contributed by atoms with Gasteiger partial charge in [0.2, 0.25) is 11.9 Å². The van der Waals surface area contributed by atoms with E-state index < -0.39 is 5.91 Å². The molecule has 0 aliphatic heterocycles. The number of carbonyl (C=O) groups excluding carboxylic acids is 1. The number of nitrogens with one attached hydrogen (secondary N) is 2. The highest BCUT2D eigenvalue weighted by Gasteiger charge is 2.04. The number of fused-ring (bicyclic) bond motifs is 1. The Balaban J connectivity index is 0.000000774. The van der Waals surface area contributed by atoms with Crippen LogP contribution in [0.15, 0.2) is 48.5 Å². The fourth-order valence-corrected chi connectivity index (χ4v) is 1.90. The van der Waals surface area contributed by atoms with Gasteiger partial charge in [0.25, 0.3) is 0 Å². The van der Waals surface area contributed by atoms with E-state index in [4.69, 9.17) is 5.73 Å². The van der Waals surface area contributed by atoms with Crippen LogP contribution in [-0.4, -0.2) is 15.9 Å². The number of carbonyl (C=O) groups is 1. The van der Waals surface area contributed by atoms with Crippen molar-refractivity contribution in [2.24, 2.45) is 5.73 Å². The number of aromatic amines is 1. The lowest BCUT2D eigenvalue weighted by Gasteiger charge is -2.03. The fraction of sp³-hybridized carbons (Fsp3) is 0.125. The Bertz CT molecular complexity index is 716. The summed E-state index contributed by atoms with van der Waals surface area (Å²) in [6, 6.07) is 14.7. The van der Waals surface area contributed by atoms with Crippen LogP contribution in [-0.2, 0) is 0 Å². The van der Waals surface area contributed by atoms with Gasteiger partial charge < -0.3 is 16.0 Å². The van der Waals surface area contributed by atoms with Gasteiger partial charge in [0.05, 0.1) is 11.0 Å². The number of nitrogens with two attached hydrogens (primary N) is 1. The quantitative estimate of drug-likeness (QED) is 0.688. The molecule has 0 saturated heterocycles. The first-order valence-electron chi connectivity index (χ1n) is 6.84. The van der Waals surface area contributed by atoms with E-state index in [0.29, 0.717) is 11.5 Å². The normalized spacial score (nSPS) is 9.81. The van der Waals surface area contributed by atoms with E-state index >= 15 is 0 Å². The minimum atomic E-state index is -0.451. The van der Waals surface area contributed by atoms with E-state index in [1.165, 1.54) is 0 Å². The first-order chi connectivity index (χ1) is 10.2. The Labute approximate surface area is 123 Å². The third-order valence-electron chi connectivity index (χ3n) is 2.80. The van der Waals surface area contributed by atoms with Gasteiger partial charge in [-0.1, -0.05) is 32.0 Å². The van der Waals surface area contributed by atoms with Crippen LogP contribution in [0.5, 0.6) is 0 Å². The molecule has 1 aromatic heterocycles. The number of nitrogens with zero attached hydrogens (tertiary/aromatic N) is 1. The number of aromatic nitrogens is 2. The Morgan fingerprint density at radius 3 is 2.62 bits per heavy atom. The second-order valence-corrected chi connectivity index (χ2v) is 4.17. The van der Waals surface area contributed by atoms with Crippen molar-refractivity contribution in [3.05, 3.63) is 54.1 Å². The van der Waals surface area contributed by atoms with Gasteiger partial charge >= 0.3 is 0 Å². The van der Waals surface area contributed by atoms with E-state index in [0.717, 1.165) is 16.7 Å². The van der Waals surface area contributed by atoms with E-state index in [-0.39, 0.29) is 0 Å². The van der Waals surface area contributed by atoms with E-state index in [2.05, 4.69) is 15.3 Å². The zero-order valence-corrected chi connectivity index (χ0v) is 12.1. The van der Waals surface area contributed by atoms with Crippen LogP contribution in [0.2, 0.25) is 0 Å². The minimum absolute atomic E-state index is 0.451. The Morgan fingerprint density at radius 2 is 1.90 bits per heavy atom. The number of anilines is 2. The maximum absolute atomic E-state index is 11.1. The SMILES string of the molecule is CC.NC(=O)c1cccc(Nc2nc3ccccc3[nH]2)c1. The molecule has 5 nitrogen and oxygen atoms in total. The molecule has 0 aliphatic carbocycles. The van der Waals surface area contributed by atoms with Gasteiger partial charge in [-0.3, -0.25) is 4.79 Å². The first kappa shape index (κ1) is 14.6. The number of rotatable bonds is 3. The highest BCUT2D eigenvalue weighted by molar-refractivity contribution is 5.93. The second-order valence-electron chi connectivity index (χ2n) is 4.17. The van der Waals surface area contributed by atoms with Crippen LogP contribution >= 0.6 is 0 Å². The number of hydrogen-bond donors (Lipinski definition) is 3. The molecular formula is C16H18N4O. The number of primary amides is 1. The summed E-state index contributed by atoms with van der Waals surface area (Å²) in [6.07, 6.45) is 0. The molecule has 4 N–H and O–H groups in total. The van der Waals surface area contributed by atoms with Gasteiger partial charge in [0.15, 0.2) is 0 Å². The Hall–Kier alpha value is -2.82. The molecule has 0 atom stereocenters. The fourth-order valence-electron chi connectivity index (χ4n) is 1.90. The minimum Gasteiger partial charge on any atom is -0.366 e. The van der Waals surface area contributed by atoms with E-state index in [1.54, 1.807) is 18.2 Å².